The number of nitrogens with one attached hydrogen (secondary N) is 3. The number of aromatic nitrogens is 1. The Morgan fingerprint density at radius 2 is 1.57 bits per heavy atom. The lowest BCUT2D eigenvalue weighted by Gasteiger charge is -2.11. The summed E-state index contributed by atoms with van der Waals surface area (Å²) in [7, 11) is 0. The molecule has 0 bridgehead atoms. The quantitative estimate of drug-likeness (QED) is 0.607. The highest BCUT2D eigenvalue weighted by molar-refractivity contribution is 6.03. The molecule has 3 N–H and O–H groups in total. The van der Waals surface area contributed by atoms with Crippen LogP contribution < -0.4 is 16.0 Å². The number of hydrogen-bond donors (Lipinski definition) is 3. The summed E-state index contributed by atoms with van der Waals surface area (Å²) in [4.78, 5) is 27.9. The van der Waals surface area contributed by atoms with Crippen molar-refractivity contribution in [1.82, 2.24) is 4.98 Å². The molecule has 1 heterocycles. The SMILES string of the molecule is CC(=O)Nc1ccc(Nc2ccnc(C(=O)Nc3cccc(C)c3C)c2)cc1. The third-order valence-corrected chi connectivity index (χ3v) is 4.34. The number of anilines is 4. The smallest absolute Gasteiger partial charge is 0.274 e. The van der Waals surface area contributed by atoms with E-state index in [4.69, 9.17) is 0 Å². The number of rotatable bonds is 5. The summed E-state index contributed by atoms with van der Waals surface area (Å²) >= 11 is 0. The molecule has 3 rings (SSSR count). The van der Waals surface area contributed by atoms with E-state index in [1.165, 1.54) is 6.92 Å². The molecule has 0 aliphatic rings. The summed E-state index contributed by atoms with van der Waals surface area (Å²) in [5, 5.41) is 8.87. The second kappa shape index (κ2) is 8.35. The second-order valence-electron chi connectivity index (χ2n) is 6.51. The van der Waals surface area contributed by atoms with Gasteiger partial charge in [0, 0.05) is 35.9 Å². The van der Waals surface area contributed by atoms with Gasteiger partial charge in [0.25, 0.3) is 5.91 Å². The molecule has 1 aromatic heterocycles. The predicted octanol–water partition coefficient (Wildman–Crippen LogP) is 4.65. The molecule has 28 heavy (non-hydrogen) atoms. The molecule has 6 nitrogen and oxygen atoms in total. The Hall–Kier alpha value is -3.67. The van der Waals surface area contributed by atoms with E-state index in [-0.39, 0.29) is 11.8 Å². The van der Waals surface area contributed by atoms with E-state index in [1.807, 2.05) is 44.2 Å². The first-order valence-corrected chi connectivity index (χ1v) is 8.90. The van der Waals surface area contributed by atoms with Gasteiger partial charge in [0.05, 0.1) is 0 Å². The number of pyridine rings is 1. The summed E-state index contributed by atoms with van der Waals surface area (Å²) in [6.45, 7) is 5.44. The number of hydrogen-bond acceptors (Lipinski definition) is 4. The van der Waals surface area contributed by atoms with Crippen LogP contribution in [0.5, 0.6) is 0 Å². The minimum atomic E-state index is -0.265. The molecule has 2 aromatic carbocycles. The first-order chi connectivity index (χ1) is 13.4. The highest BCUT2D eigenvalue weighted by Crippen LogP contribution is 2.21. The minimum absolute atomic E-state index is 0.116. The Bertz CT molecular complexity index is 1010. The van der Waals surface area contributed by atoms with Crippen LogP contribution >= 0.6 is 0 Å². The van der Waals surface area contributed by atoms with Crippen molar-refractivity contribution in [1.29, 1.82) is 0 Å². The summed E-state index contributed by atoms with van der Waals surface area (Å²) in [5.74, 6) is -0.382. The summed E-state index contributed by atoms with van der Waals surface area (Å²) in [6, 6.07) is 16.6. The first-order valence-electron chi connectivity index (χ1n) is 8.90. The van der Waals surface area contributed by atoms with Gasteiger partial charge in [0.15, 0.2) is 0 Å². The molecule has 6 heteroatoms. The average molecular weight is 374 g/mol. The Balaban J connectivity index is 1.72. The van der Waals surface area contributed by atoms with Crippen LogP contribution in [0.15, 0.2) is 60.8 Å². The van der Waals surface area contributed by atoms with E-state index in [1.54, 1.807) is 30.5 Å². The minimum Gasteiger partial charge on any atom is -0.355 e. The molecule has 2 amide bonds. The van der Waals surface area contributed by atoms with Crippen molar-refractivity contribution in [3.8, 4) is 0 Å². The molecule has 0 radical (unpaired) electrons. The monoisotopic (exact) mass is 374 g/mol. The molecule has 0 unspecified atom stereocenters. The van der Waals surface area contributed by atoms with Gasteiger partial charge in [-0.15, -0.1) is 0 Å². The van der Waals surface area contributed by atoms with Crippen LogP contribution in [-0.4, -0.2) is 16.8 Å². The highest BCUT2D eigenvalue weighted by atomic mass is 16.2. The lowest BCUT2D eigenvalue weighted by Crippen LogP contribution is -2.14. The van der Waals surface area contributed by atoms with Crippen molar-refractivity contribution in [3.05, 3.63) is 77.6 Å². The largest absolute Gasteiger partial charge is 0.355 e. The lowest BCUT2D eigenvalue weighted by atomic mass is 10.1. The summed E-state index contributed by atoms with van der Waals surface area (Å²) in [5.41, 5.74) is 5.55. The summed E-state index contributed by atoms with van der Waals surface area (Å²) < 4.78 is 0. The third-order valence-electron chi connectivity index (χ3n) is 4.34. The maximum atomic E-state index is 12.6. The highest BCUT2D eigenvalue weighted by Gasteiger charge is 2.11. The van der Waals surface area contributed by atoms with Crippen LogP contribution in [0.1, 0.15) is 28.5 Å². The number of nitrogens with zero attached hydrogens (tertiary/aromatic N) is 1. The molecular weight excluding hydrogens is 352 g/mol. The maximum absolute atomic E-state index is 12.6. The van der Waals surface area contributed by atoms with Crippen molar-refractivity contribution >= 4 is 34.6 Å². The van der Waals surface area contributed by atoms with E-state index < -0.39 is 0 Å². The van der Waals surface area contributed by atoms with Crippen molar-refractivity contribution < 1.29 is 9.59 Å². The van der Waals surface area contributed by atoms with E-state index >= 15 is 0 Å². The topological polar surface area (TPSA) is 83.1 Å². The third kappa shape index (κ3) is 4.73. The van der Waals surface area contributed by atoms with Crippen LogP contribution in [0.4, 0.5) is 22.7 Å². The first kappa shape index (κ1) is 19.1. The normalized spacial score (nSPS) is 10.2. The van der Waals surface area contributed by atoms with Crippen molar-refractivity contribution in [2.24, 2.45) is 0 Å². The van der Waals surface area contributed by atoms with Gasteiger partial charge in [0.1, 0.15) is 5.69 Å². The molecular formula is C22H22N4O2. The Morgan fingerprint density at radius 1 is 0.857 bits per heavy atom. The Kier molecular flexibility index (Phi) is 5.69. The van der Waals surface area contributed by atoms with Crippen molar-refractivity contribution in [3.63, 3.8) is 0 Å². The van der Waals surface area contributed by atoms with Gasteiger partial charge in [-0.3, -0.25) is 14.6 Å². The van der Waals surface area contributed by atoms with Crippen LogP contribution in [0, 0.1) is 13.8 Å². The standard InChI is InChI=1S/C22H22N4O2/c1-14-5-4-6-20(15(14)2)26-22(28)21-13-19(11-12-23-21)25-18-9-7-17(8-10-18)24-16(3)27/h4-13H,1-3H3,(H,23,25)(H,24,27)(H,26,28). The lowest BCUT2D eigenvalue weighted by molar-refractivity contribution is -0.114. The fourth-order valence-corrected chi connectivity index (χ4v) is 2.71. The van der Waals surface area contributed by atoms with Crippen LogP contribution in [0.2, 0.25) is 0 Å². The molecule has 0 saturated carbocycles. The van der Waals surface area contributed by atoms with Gasteiger partial charge in [0.2, 0.25) is 5.91 Å². The fraction of sp³-hybridized carbons (Fsp3) is 0.136. The van der Waals surface area contributed by atoms with E-state index in [2.05, 4.69) is 20.9 Å². The van der Waals surface area contributed by atoms with Crippen molar-refractivity contribution in [2.45, 2.75) is 20.8 Å². The average Bonchev–Trinajstić information content (AvgIpc) is 2.67. The van der Waals surface area contributed by atoms with Crippen LogP contribution in [-0.2, 0) is 4.79 Å². The Morgan fingerprint density at radius 3 is 2.29 bits per heavy atom. The molecule has 0 fully saturated rings. The van der Waals surface area contributed by atoms with Crippen molar-refractivity contribution in [2.75, 3.05) is 16.0 Å². The number of aryl methyl sites for hydroxylation is 1. The van der Waals surface area contributed by atoms with Crippen LogP contribution in [0.25, 0.3) is 0 Å². The molecule has 0 aliphatic heterocycles. The van der Waals surface area contributed by atoms with Gasteiger partial charge in [-0.2, -0.15) is 0 Å². The number of benzene rings is 2. The fourth-order valence-electron chi connectivity index (χ4n) is 2.71. The van der Waals surface area contributed by atoms with Gasteiger partial charge in [-0.05, 0) is 67.4 Å². The zero-order valence-corrected chi connectivity index (χ0v) is 16.0. The maximum Gasteiger partial charge on any atom is 0.274 e. The molecule has 3 aromatic rings. The molecule has 0 spiro atoms. The van der Waals surface area contributed by atoms with Crippen LogP contribution in [0.3, 0.4) is 0 Å². The van der Waals surface area contributed by atoms with Gasteiger partial charge in [-0.25, -0.2) is 0 Å². The number of amides is 2. The Labute approximate surface area is 164 Å². The summed E-state index contributed by atoms with van der Waals surface area (Å²) in [6.07, 6.45) is 1.59. The van der Waals surface area contributed by atoms with E-state index in [0.717, 1.165) is 33.9 Å². The molecule has 0 aliphatic carbocycles. The molecule has 142 valence electrons. The molecule has 0 atom stereocenters. The predicted molar refractivity (Wildman–Crippen MR) is 112 cm³/mol. The van der Waals surface area contributed by atoms with Gasteiger partial charge < -0.3 is 16.0 Å². The van der Waals surface area contributed by atoms with E-state index in [9.17, 15) is 9.59 Å². The zero-order chi connectivity index (χ0) is 20.1. The second-order valence-corrected chi connectivity index (χ2v) is 6.51. The van der Waals surface area contributed by atoms with E-state index in [0.29, 0.717) is 5.69 Å². The van der Waals surface area contributed by atoms with Gasteiger partial charge >= 0.3 is 0 Å². The molecule has 0 saturated heterocycles. The number of carbonyl (C=O) groups excluding carboxylic acids is 2. The van der Waals surface area contributed by atoms with Gasteiger partial charge in [-0.1, -0.05) is 12.1 Å². The number of carbonyl (C=O) groups is 2. The zero-order valence-electron chi connectivity index (χ0n) is 16.0.